The molecular formula is C7H12N2O2S. The number of thioether (sulfide) groups is 1. The molecule has 0 radical (unpaired) electrons. The third-order valence-corrected chi connectivity index (χ3v) is 2.47. The fraction of sp³-hybridized carbons (Fsp3) is 0.714. The fourth-order valence-electron chi connectivity index (χ4n) is 0.851. The van der Waals surface area contributed by atoms with E-state index in [1.54, 1.807) is 11.8 Å². The highest BCUT2D eigenvalue weighted by Gasteiger charge is 2.13. The molecule has 1 unspecified atom stereocenters. The zero-order chi connectivity index (χ0) is 8.97. The molecule has 0 fully saturated rings. The minimum atomic E-state index is -0.779. The van der Waals surface area contributed by atoms with Gasteiger partial charge in [0.2, 0.25) is 0 Å². The highest BCUT2D eigenvalue weighted by atomic mass is 32.2. The number of carboxylic acids is 1. The molecule has 0 aromatic carbocycles. The molecular weight excluding hydrogens is 176 g/mol. The molecule has 0 saturated carbocycles. The lowest BCUT2D eigenvalue weighted by molar-refractivity contribution is -0.136. The SMILES string of the molecule is CC1CN=C(NCCC(=O)O)S1. The van der Waals surface area contributed by atoms with Gasteiger partial charge in [-0.2, -0.15) is 0 Å². The van der Waals surface area contributed by atoms with Gasteiger partial charge in [-0.1, -0.05) is 18.7 Å². The van der Waals surface area contributed by atoms with E-state index in [2.05, 4.69) is 17.2 Å². The van der Waals surface area contributed by atoms with Crippen LogP contribution in [0.5, 0.6) is 0 Å². The van der Waals surface area contributed by atoms with Crippen LogP contribution in [0.1, 0.15) is 13.3 Å². The summed E-state index contributed by atoms with van der Waals surface area (Å²) in [5.41, 5.74) is 0. The summed E-state index contributed by atoms with van der Waals surface area (Å²) in [5, 5.41) is 12.7. The van der Waals surface area contributed by atoms with Crippen molar-refractivity contribution in [2.45, 2.75) is 18.6 Å². The van der Waals surface area contributed by atoms with Crippen molar-refractivity contribution < 1.29 is 9.90 Å². The van der Waals surface area contributed by atoms with Crippen LogP contribution in [0.4, 0.5) is 0 Å². The van der Waals surface area contributed by atoms with E-state index in [9.17, 15) is 4.79 Å². The molecule has 1 aliphatic rings. The molecule has 12 heavy (non-hydrogen) atoms. The molecule has 1 heterocycles. The second-order valence-corrected chi connectivity index (χ2v) is 4.07. The topological polar surface area (TPSA) is 61.7 Å². The number of carboxylic acid groups (broad SMARTS) is 1. The number of nitrogens with zero attached hydrogens (tertiary/aromatic N) is 1. The van der Waals surface area contributed by atoms with Crippen LogP contribution >= 0.6 is 11.8 Å². The summed E-state index contributed by atoms with van der Waals surface area (Å²) >= 11 is 1.66. The van der Waals surface area contributed by atoms with Crippen LogP contribution in [0.15, 0.2) is 4.99 Å². The first kappa shape index (κ1) is 9.38. The summed E-state index contributed by atoms with van der Waals surface area (Å²) in [4.78, 5) is 14.3. The summed E-state index contributed by atoms with van der Waals surface area (Å²) in [6, 6.07) is 0. The lowest BCUT2D eigenvalue weighted by Gasteiger charge is -2.02. The first-order chi connectivity index (χ1) is 5.68. The molecule has 2 N–H and O–H groups in total. The monoisotopic (exact) mass is 188 g/mol. The molecule has 1 aliphatic heterocycles. The number of hydrogen-bond donors (Lipinski definition) is 2. The molecule has 0 bridgehead atoms. The average Bonchev–Trinajstić information content (AvgIpc) is 2.35. The zero-order valence-electron chi connectivity index (χ0n) is 6.91. The van der Waals surface area contributed by atoms with Crippen molar-refractivity contribution in [2.75, 3.05) is 13.1 Å². The Morgan fingerprint density at radius 3 is 3.17 bits per heavy atom. The third kappa shape index (κ3) is 3.13. The Balaban J connectivity index is 2.12. The van der Waals surface area contributed by atoms with Crippen LogP contribution in [0.2, 0.25) is 0 Å². The maximum absolute atomic E-state index is 10.2. The van der Waals surface area contributed by atoms with E-state index in [1.165, 1.54) is 0 Å². The molecule has 0 aliphatic carbocycles. The third-order valence-electron chi connectivity index (χ3n) is 1.42. The van der Waals surface area contributed by atoms with Gasteiger partial charge in [-0.15, -0.1) is 0 Å². The molecule has 1 atom stereocenters. The highest BCUT2D eigenvalue weighted by molar-refractivity contribution is 8.14. The number of amidine groups is 1. The number of hydrogen-bond acceptors (Lipinski definition) is 4. The van der Waals surface area contributed by atoms with Gasteiger partial charge >= 0.3 is 5.97 Å². The van der Waals surface area contributed by atoms with E-state index in [1.807, 2.05) is 0 Å². The Morgan fingerprint density at radius 1 is 1.92 bits per heavy atom. The molecule has 0 aromatic rings. The van der Waals surface area contributed by atoms with Crippen LogP contribution in [-0.2, 0) is 4.79 Å². The summed E-state index contributed by atoms with van der Waals surface area (Å²) in [6.07, 6.45) is 0.147. The first-order valence-electron chi connectivity index (χ1n) is 3.85. The lowest BCUT2D eigenvalue weighted by Crippen LogP contribution is -2.22. The van der Waals surface area contributed by atoms with Gasteiger partial charge in [0, 0.05) is 11.8 Å². The van der Waals surface area contributed by atoms with Crippen LogP contribution in [0, 0.1) is 0 Å². The van der Waals surface area contributed by atoms with E-state index < -0.39 is 5.97 Å². The van der Waals surface area contributed by atoms with E-state index in [0.717, 1.165) is 11.7 Å². The van der Waals surface area contributed by atoms with E-state index in [4.69, 9.17) is 5.11 Å². The van der Waals surface area contributed by atoms with Gasteiger partial charge in [0.15, 0.2) is 5.17 Å². The van der Waals surface area contributed by atoms with Gasteiger partial charge in [-0.25, -0.2) is 0 Å². The number of aliphatic imine (C=N–C) groups is 1. The summed E-state index contributed by atoms with van der Waals surface area (Å²) < 4.78 is 0. The Bertz CT molecular complexity index is 206. The molecule has 0 aromatic heterocycles. The van der Waals surface area contributed by atoms with Crippen molar-refractivity contribution in [1.82, 2.24) is 5.32 Å². The largest absolute Gasteiger partial charge is 0.481 e. The smallest absolute Gasteiger partial charge is 0.305 e. The minimum Gasteiger partial charge on any atom is -0.481 e. The molecule has 0 saturated heterocycles. The Morgan fingerprint density at radius 2 is 2.67 bits per heavy atom. The van der Waals surface area contributed by atoms with Crippen LogP contribution in [0.3, 0.4) is 0 Å². The van der Waals surface area contributed by atoms with Crippen molar-refractivity contribution in [2.24, 2.45) is 4.99 Å². The molecule has 5 heteroatoms. The van der Waals surface area contributed by atoms with Gasteiger partial charge in [0.25, 0.3) is 0 Å². The van der Waals surface area contributed by atoms with Crippen molar-refractivity contribution in [1.29, 1.82) is 0 Å². The number of aliphatic carboxylic acids is 1. The lowest BCUT2D eigenvalue weighted by atomic mass is 10.4. The number of carbonyl (C=O) groups is 1. The highest BCUT2D eigenvalue weighted by Crippen LogP contribution is 2.18. The minimum absolute atomic E-state index is 0.147. The molecule has 4 nitrogen and oxygen atoms in total. The van der Waals surface area contributed by atoms with Gasteiger partial charge in [0.05, 0.1) is 13.0 Å². The summed E-state index contributed by atoms with van der Waals surface area (Å²) in [5.74, 6) is -0.779. The van der Waals surface area contributed by atoms with Gasteiger partial charge in [0.1, 0.15) is 0 Å². The predicted molar refractivity (Wildman–Crippen MR) is 49.6 cm³/mol. The standard InChI is InChI=1S/C7H12N2O2S/c1-5-4-9-7(12-5)8-3-2-6(10)11/h5H,2-4H2,1H3,(H,8,9)(H,10,11). The van der Waals surface area contributed by atoms with E-state index in [0.29, 0.717) is 11.8 Å². The van der Waals surface area contributed by atoms with Crippen LogP contribution in [-0.4, -0.2) is 34.6 Å². The Kier molecular flexibility index (Phi) is 3.40. The predicted octanol–water partition coefficient (Wildman–Crippen LogP) is 0.542. The van der Waals surface area contributed by atoms with Crippen LogP contribution in [0.25, 0.3) is 0 Å². The van der Waals surface area contributed by atoms with E-state index >= 15 is 0 Å². The second kappa shape index (κ2) is 4.35. The van der Waals surface area contributed by atoms with Crippen molar-refractivity contribution in [3.63, 3.8) is 0 Å². The maximum Gasteiger partial charge on any atom is 0.305 e. The number of rotatable bonds is 3. The van der Waals surface area contributed by atoms with E-state index in [-0.39, 0.29) is 6.42 Å². The Labute approximate surface area is 75.4 Å². The van der Waals surface area contributed by atoms with Gasteiger partial charge in [-0.05, 0) is 0 Å². The quantitative estimate of drug-likeness (QED) is 0.678. The second-order valence-electron chi connectivity index (χ2n) is 2.64. The fourth-order valence-corrected chi connectivity index (χ4v) is 1.72. The van der Waals surface area contributed by atoms with Gasteiger partial charge < -0.3 is 10.4 Å². The van der Waals surface area contributed by atoms with Crippen LogP contribution < -0.4 is 5.32 Å². The molecule has 0 amide bonds. The molecule has 0 spiro atoms. The maximum atomic E-state index is 10.2. The average molecular weight is 188 g/mol. The van der Waals surface area contributed by atoms with Gasteiger partial charge in [-0.3, -0.25) is 9.79 Å². The summed E-state index contributed by atoms with van der Waals surface area (Å²) in [7, 11) is 0. The Hall–Kier alpha value is -0.710. The number of nitrogens with one attached hydrogen (secondary N) is 1. The van der Waals surface area contributed by atoms with Crippen molar-refractivity contribution in [3.8, 4) is 0 Å². The van der Waals surface area contributed by atoms with Crippen molar-refractivity contribution >= 4 is 22.9 Å². The summed E-state index contributed by atoms with van der Waals surface area (Å²) in [6.45, 7) is 3.40. The first-order valence-corrected chi connectivity index (χ1v) is 4.73. The zero-order valence-corrected chi connectivity index (χ0v) is 7.73. The normalized spacial score (nSPS) is 22.1. The molecule has 68 valence electrons. The van der Waals surface area contributed by atoms with Crippen molar-refractivity contribution in [3.05, 3.63) is 0 Å². The molecule has 1 rings (SSSR count).